The van der Waals surface area contributed by atoms with E-state index < -0.39 is 11.6 Å². The van der Waals surface area contributed by atoms with Crippen molar-refractivity contribution in [1.29, 1.82) is 0 Å². The molecule has 164 valence electrons. The predicted octanol–water partition coefficient (Wildman–Crippen LogP) is 4.23. The molecular formula is C25H34O5. The molecule has 0 aromatic rings. The largest absolute Gasteiger partial charge is 0.478 e. The van der Waals surface area contributed by atoms with Crippen molar-refractivity contribution in [1.82, 2.24) is 0 Å². The molecule has 1 spiro atoms. The van der Waals surface area contributed by atoms with Gasteiger partial charge >= 0.3 is 5.97 Å². The predicted molar refractivity (Wildman–Crippen MR) is 113 cm³/mol. The first kappa shape index (κ1) is 20.5. The number of hydrogen-bond acceptors (Lipinski definition) is 4. The maximum atomic E-state index is 11.7. The Balaban J connectivity index is 1.38. The molecule has 1 aliphatic heterocycles. The SMILES string of the molecule is C=C(C=CC(=O)O)[C@@]1(O)CC[C@H]2[C@@H]3CC=C4CC5(CC[C@@H]4[C@H]3CC[C@@]21C)OCCO5. The summed E-state index contributed by atoms with van der Waals surface area (Å²) >= 11 is 0. The molecule has 0 aromatic carbocycles. The van der Waals surface area contributed by atoms with Crippen molar-refractivity contribution < 1.29 is 24.5 Å². The minimum absolute atomic E-state index is 0.243. The van der Waals surface area contributed by atoms with Crippen LogP contribution in [0.2, 0.25) is 0 Å². The zero-order valence-corrected chi connectivity index (χ0v) is 17.9. The fraction of sp³-hybridized carbons (Fsp3) is 0.720. The lowest BCUT2D eigenvalue weighted by Crippen LogP contribution is -2.53. The van der Waals surface area contributed by atoms with E-state index in [9.17, 15) is 9.90 Å². The van der Waals surface area contributed by atoms with Crippen LogP contribution in [0.3, 0.4) is 0 Å². The van der Waals surface area contributed by atoms with E-state index in [0.29, 0.717) is 48.9 Å². The Morgan fingerprint density at radius 1 is 1.13 bits per heavy atom. The van der Waals surface area contributed by atoms with Gasteiger partial charge in [0.15, 0.2) is 5.79 Å². The maximum absolute atomic E-state index is 11.7. The van der Waals surface area contributed by atoms with Gasteiger partial charge in [0.2, 0.25) is 0 Å². The van der Waals surface area contributed by atoms with E-state index in [1.807, 2.05) is 0 Å². The zero-order chi connectivity index (χ0) is 21.1. The van der Waals surface area contributed by atoms with Crippen molar-refractivity contribution >= 4 is 5.97 Å². The van der Waals surface area contributed by atoms with Crippen LogP contribution in [0.25, 0.3) is 0 Å². The van der Waals surface area contributed by atoms with Crippen LogP contribution >= 0.6 is 0 Å². The number of carboxylic acids is 1. The highest BCUT2D eigenvalue weighted by Crippen LogP contribution is 2.66. The van der Waals surface area contributed by atoms with Crippen molar-refractivity contribution in [3.05, 3.63) is 36.0 Å². The molecule has 30 heavy (non-hydrogen) atoms. The molecule has 0 amide bonds. The lowest BCUT2D eigenvalue weighted by Gasteiger charge is -2.56. The molecule has 2 N–H and O–H groups in total. The lowest BCUT2D eigenvalue weighted by atomic mass is 9.50. The Morgan fingerprint density at radius 3 is 2.63 bits per heavy atom. The highest BCUT2D eigenvalue weighted by atomic mass is 16.7. The second kappa shape index (κ2) is 7.04. The monoisotopic (exact) mass is 414 g/mol. The quantitative estimate of drug-likeness (QED) is 0.411. The molecule has 4 fully saturated rings. The molecule has 0 radical (unpaired) electrons. The molecule has 5 nitrogen and oxygen atoms in total. The van der Waals surface area contributed by atoms with Crippen molar-refractivity contribution in [2.75, 3.05) is 13.2 Å². The van der Waals surface area contributed by atoms with E-state index in [0.717, 1.165) is 51.0 Å². The Kier molecular flexibility index (Phi) is 4.81. The number of aliphatic carboxylic acids is 1. The van der Waals surface area contributed by atoms with Gasteiger partial charge in [0.1, 0.15) is 0 Å². The number of carbonyl (C=O) groups is 1. The summed E-state index contributed by atoms with van der Waals surface area (Å²) in [5.41, 5.74) is 0.832. The van der Waals surface area contributed by atoms with Crippen LogP contribution < -0.4 is 0 Å². The number of rotatable bonds is 3. The third kappa shape index (κ3) is 2.89. The fourth-order valence-corrected chi connectivity index (χ4v) is 7.84. The van der Waals surface area contributed by atoms with Crippen LogP contribution in [0, 0.1) is 29.1 Å². The van der Waals surface area contributed by atoms with Crippen LogP contribution in [0.15, 0.2) is 36.0 Å². The molecule has 6 atom stereocenters. The number of carboxylic acid groups (broad SMARTS) is 1. The van der Waals surface area contributed by atoms with E-state index >= 15 is 0 Å². The Labute approximate surface area is 178 Å². The van der Waals surface area contributed by atoms with Gasteiger partial charge in [-0.3, -0.25) is 0 Å². The molecule has 0 bridgehead atoms. The van der Waals surface area contributed by atoms with Gasteiger partial charge in [0, 0.05) is 24.3 Å². The van der Waals surface area contributed by atoms with Crippen molar-refractivity contribution in [3.8, 4) is 0 Å². The van der Waals surface area contributed by atoms with Gasteiger partial charge in [0.25, 0.3) is 0 Å². The summed E-state index contributed by atoms with van der Waals surface area (Å²) in [6.45, 7) is 7.73. The lowest BCUT2D eigenvalue weighted by molar-refractivity contribution is -0.177. The molecule has 1 heterocycles. The molecule has 5 heteroatoms. The second-order valence-electron chi connectivity index (χ2n) is 10.4. The first-order valence-corrected chi connectivity index (χ1v) is 11.6. The Morgan fingerprint density at radius 2 is 1.90 bits per heavy atom. The van der Waals surface area contributed by atoms with Crippen molar-refractivity contribution in [2.45, 2.75) is 69.7 Å². The van der Waals surface area contributed by atoms with Gasteiger partial charge in [-0.25, -0.2) is 4.79 Å². The number of hydrogen-bond donors (Lipinski definition) is 2. The minimum Gasteiger partial charge on any atom is -0.478 e. The van der Waals surface area contributed by atoms with Crippen LogP contribution in [0.1, 0.15) is 58.3 Å². The third-order valence-electron chi connectivity index (χ3n) is 9.37. The first-order valence-electron chi connectivity index (χ1n) is 11.6. The number of fused-ring (bicyclic) bond motifs is 5. The average molecular weight is 415 g/mol. The summed E-state index contributed by atoms with van der Waals surface area (Å²) in [7, 11) is 0. The average Bonchev–Trinajstić information content (AvgIpc) is 3.28. The minimum atomic E-state index is -1.01. The molecule has 5 rings (SSSR count). The highest BCUT2D eigenvalue weighted by molar-refractivity contribution is 5.80. The second-order valence-corrected chi connectivity index (χ2v) is 10.4. The molecule has 0 aromatic heterocycles. The summed E-state index contributed by atoms with van der Waals surface area (Å²) in [6.07, 6.45) is 12.9. The summed E-state index contributed by atoms with van der Waals surface area (Å²) in [4.78, 5) is 11.0. The summed E-state index contributed by atoms with van der Waals surface area (Å²) in [5, 5.41) is 20.7. The van der Waals surface area contributed by atoms with Crippen LogP contribution in [0.5, 0.6) is 0 Å². The molecule has 5 aliphatic rings. The van der Waals surface area contributed by atoms with Crippen molar-refractivity contribution in [2.24, 2.45) is 29.1 Å². The van der Waals surface area contributed by atoms with Gasteiger partial charge < -0.3 is 19.7 Å². The summed E-state index contributed by atoms with van der Waals surface area (Å²) < 4.78 is 12.0. The van der Waals surface area contributed by atoms with E-state index in [4.69, 9.17) is 14.6 Å². The fourth-order valence-electron chi connectivity index (χ4n) is 7.84. The zero-order valence-electron chi connectivity index (χ0n) is 17.9. The standard InChI is InChI=1S/C25H34O5/c1-16(3-6-22(26)27)25(28)12-9-21-20-5-4-17-15-24(29-13-14-30-24)11-8-18(17)19(20)7-10-23(21,25)2/h3-4,6,18-21,28H,1,5,7-15H2,2H3,(H,26,27)/t18-,19+,20+,21-,23-,25-/m0/s1. The first-order chi connectivity index (χ1) is 14.3. The smallest absolute Gasteiger partial charge is 0.328 e. The maximum Gasteiger partial charge on any atom is 0.328 e. The van der Waals surface area contributed by atoms with Crippen molar-refractivity contribution in [3.63, 3.8) is 0 Å². The van der Waals surface area contributed by atoms with Crippen LogP contribution in [-0.4, -0.2) is 40.8 Å². The van der Waals surface area contributed by atoms with Crippen LogP contribution in [-0.2, 0) is 14.3 Å². The van der Waals surface area contributed by atoms with Crippen LogP contribution in [0.4, 0.5) is 0 Å². The van der Waals surface area contributed by atoms with Gasteiger partial charge in [-0.15, -0.1) is 0 Å². The third-order valence-corrected chi connectivity index (χ3v) is 9.37. The van der Waals surface area contributed by atoms with E-state index in [1.165, 1.54) is 11.6 Å². The molecule has 4 aliphatic carbocycles. The van der Waals surface area contributed by atoms with Gasteiger partial charge in [0.05, 0.1) is 18.8 Å². The number of aliphatic hydroxyl groups is 1. The molecule has 3 saturated carbocycles. The molecule has 1 saturated heterocycles. The van der Waals surface area contributed by atoms with E-state index in [-0.39, 0.29) is 11.2 Å². The molecular weight excluding hydrogens is 380 g/mol. The highest BCUT2D eigenvalue weighted by Gasteiger charge is 2.63. The topological polar surface area (TPSA) is 76.0 Å². The molecule has 0 unspecified atom stereocenters. The summed E-state index contributed by atoms with van der Waals surface area (Å²) in [6, 6.07) is 0. The van der Waals surface area contributed by atoms with E-state index in [2.05, 4.69) is 19.6 Å². The normalized spacial score (nSPS) is 44.4. The van der Waals surface area contributed by atoms with Gasteiger partial charge in [-0.05, 0) is 73.8 Å². The van der Waals surface area contributed by atoms with Gasteiger partial charge in [-0.2, -0.15) is 0 Å². The van der Waals surface area contributed by atoms with Gasteiger partial charge in [-0.1, -0.05) is 25.2 Å². The Bertz CT molecular complexity index is 806. The number of allylic oxidation sites excluding steroid dienone is 1. The number of ether oxygens (including phenoxy) is 2. The van der Waals surface area contributed by atoms with E-state index in [1.54, 1.807) is 0 Å². The summed E-state index contributed by atoms with van der Waals surface area (Å²) in [5.74, 6) is 0.965. The Hall–Kier alpha value is -1.43.